The number of furan rings is 1. The molecule has 3 aromatic rings. The van der Waals surface area contributed by atoms with E-state index >= 15 is 0 Å². The highest BCUT2D eigenvalue weighted by Gasteiger charge is 2.12. The van der Waals surface area contributed by atoms with Crippen molar-refractivity contribution >= 4 is 43.6 Å². The maximum absolute atomic E-state index is 11.7. The normalized spacial score (nSPS) is 11.0. The van der Waals surface area contributed by atoms with Crippen LogP contribution in [0.4, 0.5) is 0 Å². The number of benzene rings is 2. The van der Waals surface area contributed by atoms with Crippen LogP contribution in [0.25, 0.3) is 21.7 Å². The number of carbonyl (C=O) groups excluding carboxylic acids is 1. The summed E-state index contributed by atoms with van der Waals surface area (Å²) in [6.45, 7) is 2.80. The van der Waals surface area contributed by atoms with Gasteiger partial charge in [0.05, 0.1) is 25.9 Å². The van der Waals surface area contributed by atoms with E-state index in [1.807, 2.05) is 30.3 Å². The molecule has 2 aromatic carbocycles. The Kier molecular flexibility index (Phi) is 4.86. The molecular weight excluding hydrogens is 360 g/mol. The zero-order valence-corrected chi connectivity index (χ0v) is 14.4. The van der Waals surface area contributed by atoms with Gasteiger partial charge in [-0.1, -0.05) is 22.0 Å². The van der Waals surface area contributed by atoms with E-state index in [1.54, 1.807) is 13.2 Å². The van der Waals surface area contributed by atoms with Gasteiger partial charge in [0.25, 0.3) is 0 Å². The molecule has 0 atom stereocenters. The number of hydrogen-bond acceptors (Lipinski definition) is 4. The number of rotatable bonds is 6. The lowest BCUT2D eigenvalue weighted by Crippen LogP contribution is -2.06. The Morgan fingerprint density at radius 1 is 1.22 bits per heavy atom. The molecule has 0 aliphatic rings. The standard InChI is InChI=1S/C18H17BrO4/c1-2-21-18(20)10-14-11-23-17-9-12-3-4-15(22-6-5-19)7-13(12)8-16(14)17/h3-4,7-9,11H,2,5-6,10H2,1H3. The first-order chi connectivity index (χ1) is 11.2. The van der Waals surface area contributed by atoms with Crippen LogP contribution in [0.15, 0.2) is 41.0 Å². The highest BCUT2D eigenvalue weighted by Crippen LogP contribution is 2.29. The van der Waals surface area contributed by atoms with E-state index < -0.39 is 0 Å². The van der Waals surface area contributed by atoms with Gasteiger partial charge in [-0.25, -0.2) is 0 Å². The van der Waals surface area contributed by atoms with Gasteiger partial charge in [-0.2, -0.15) is 0 Å². The van der Waals surface area contributed by atoms with Crippen LogP contribution in [0.5, 0.6) is 5.75 Å². The lowest BCUT2D eigenvalue weighted by Gasteiger charge is -2.06. The van der Waals surface area contributed by atoms with Crippen LogP contribution in [-0.4, -0.2) is 24.5 Å². The maximum atomic E-state index is 11.7. The molecule has 0 fully saturated rings. The first-order valence-electron chi connectivity index (χ1n) is 7.49. The van der Waals surface area contributed by atoms with Crippen molar-refractivity contribution in [3.05, 3.63) is 42.2 Å². The average Bonchev–Trinajstić information content (AvgIpc) is 2.93. The molecule has 0 spiro atoms. The quantitative estimate of drug-likeness (QED) is 0.470. The van der Waals surface area contributed by atoms with Crippen molar-refractivity contribution in [1.29, 1.82) is 0 Å². The van der Waals surface area contributed by atoms with E-state index in [4.69, 9.17) is 13.9 Å². The summed E-state index contributed by atoms with van der Waals surface area (Å²) in [6, 6.07) is 9.96. The lowest BCUT2D eigenvalue weighted by atomic mass is 10.0. The molecule has 5 heteroatoms. The molecule has 0 amide bonds. The van der Waals surface area contributed by atoms with Crippen LogP contribution in [0.2, 0.25) is 0 Å². The summed E-state index contributed by atoms with van der Waals surface area (Å²) in [4.78, 5) is 11.7. The molecule has 1 heterocycles. The largest absolute Gasteiger partial charge is 0.493 e. The number of halogens is 1. The lowest BCUT2D eigenvalue weighted by molar-refractivity contribution is -0.142. The minimum Gasteiger partial charge on any atom is -0.493 e. The van der Waals surface area contributed by atoms with Crippen molar-refractivity contribution in [2.45, 2.75) is 13.3 Å². The third kappa shape index (κ3) is 3.50. The summed E-state index contributed by atoms with van der Waals surface area (Å²) in [5.74, 6) is 0.580. The summed E-state index contributed by atoms with van der Waals surface area (Å²) in [6.07, 6.45) is 1.84. The van der Waals surface area contributed by atoms with Crippen molar-refractivity contribution in [3.63, 3.8) is 0 Å². The molecule has 4 nitrogen and oxygen atoms in total. The summed E-state index contributed by atoms with van der Waals surface area (Å²) in [7, 11) is 0. The molecule has 3 rings (SSSR count). The van der Waals surface area contributed by atoms with Crippen molar-refractivity contribution in [1.82, 2.24) is 0 Å². The van der Waals surface area contributed by atoms with E-state index in [1.165, 1.54) is 0 Å². The fourth-order valence-electron chi connectivity index (χ4n) is 2.55. The Hall–Kier alpha value is -2.01. The number of hydrogen-bond donors (Lipinski definition) is 0. The van der Waals surface area contributed by atoms with Crippen LogP contribution in [-0.2, 0) is 16.0 Å². The molecule has 0 unspecified atom stereocenters. The third-order valence-electron chi connectivity index (χ3n) is 3.57. The SMILES string of the molecule is CCOC(=O)Cc1coc2cc3ccc(OCCBr)cc3cc12. The van der Waals surface area contributed by atoms with Gasteiger partial charge >= 0.3 is 5.97 Å². The minimum atomic E-state index is -0.246. The van der Waals surface area contributed by atoms with Gasteiger partial charge in [-0.15, -0.1) is 0 Å². The fraction of sp³-hybridized carbons (Fsp3) is 0.278. The third-order valence-corrected chi connectivity index (χ3v) is 3.89. The molecule has 0 N–H and O–H groups in total. The molecule has 0 radical (unpaired) electrons. The summed E-state index contributed by atoms with van der Waals surface area (Å²) in [5.41, 5.74) is 1.61. The molecule has 0 bridgehead atoms. The van der Waals surface area contributed by atoms with E-state index in [2.05, 4.69) is 15.9 Å². The monoisotopic (exact) mass is 376 g/mol. The Labute approximate surface area is 142 Å². The highest BCUT2D eigenvalue weighted by molar-refractivity contribution is 9.09. The van der Waals surface area contributed by atoms with Crippen molar-refractivity contribution < 1.29 is 18.7 Å². The summed E-state index contributed by atoms with van der Waals surface area (Å²) in [5, 5.41) is 3.84. The molecule has 0 aliphatic heterocycles. The molecular formula is C18H17BrO4. The topological polar surface area (TPSA) is 48.7 Å². The molecule has 0 saturated carbocycles. The fourth-order valence-corrected chi connectivity index (χ4v) is 2.71. The first kappa shape index (κ1) is 15.9. The van der Waals surface area contributed by atoms with E-state index in [0.29, 0.717) is 13.2 Å². The van der Waals surface area contributed by atoms with Gasteiger partial charge in [0, 0.05) is 16.3 Å². The van der Waals surface area contributed by atoms with Gasteiger partial charge in [0.2, 0.25) is 0 Å². The highest BCUT2D eigenvalue weighted by atomic mass is 79.9. The predicted octanol–water partition coefficient (Wildman–Crippen LogP) is 4.47. The maximum Gasteiger partial charge on any atom is 0.310 e. The van der Waals surface area contributed by atoms with Crippen molar-refractivity contribution in [2.75, 3.05) is 18.5 Å². The number of esters is 1. The summed E-state index contributed by atoms with van der Waals surface area (Å²) < 4.78 is 16.2. The number of alkyl halides is 1. The first-order valence-corrected chi connectivity index (χ1v) is 8.61. The molecule has 120 valence electrons. The smallest absolute Gasteiger partial charge is 0.310 e. The second-order valence-electron chi connectivity index (χ2n) is 5.14. The number of fused-ring (bicyclic) bond motifs is 2. The van der Waals surface area contributed by atoms with E-state index in [0.717, 1.165) is 38.4 Å². The zero-order chi connectivity index (χ0) is 16.2. The predicted molar refractivity (Wildman–Crippen MR) is 93.3 cm³/mol. The Morgan fingerprint density at radius 3 is 2.87 bits per heavy atom. The van der Waals surface area contributed by atoms with Gasteiger partial charge in [0.15, 0.2) is 0 Å². The molecule has 0 aliphatic carbocycles. The number of ether oxygens (including phenoxy) is 2. The minimum absolute atomic E-state index is 0.214. The molecule has 1 aromatic heterocycles. The van der Waals surface area contributed by atoms with Crippen LogP contribution < -0.4 is 4.74 Å². The Morgan fingerprint density at radius 2 is 2.09 bits per heavy atom. The van der Waals surface area contributed by atoms with Gasteiger partial charge in [0.1, 0.15) is 11.3 Å². The second kappa shape index (κ2) is 7.04. The molecule has 0 saturated heterocycles. The van der Waals surface area contributed by atoms with Crippen LogP contribution in [0, 0.1) is 0 Å². The zero-order valence-electron chi connectivity index (χ0n) is 12.8. The van der Waals surface area contributed by atoms with Crippen LogP contribution in [0.3, 0.4) is 0 Å². The molecule has 23 heavy (non-hydrogen) atoms. The Bertz CT molecular complexity index is 838. The second-order valence-corrected chi connectivity index (χ2v) is 5.93. The van der Waals surface area contributed by atoms with Gasteiger partial charge < -0.3 is 13.9 Å². The summed E-state index contributed by atoms with van der Waals surface area (Å²) >= 11 is 3.35. The van der Waals surface area contributed by atoms with E-state index in [9.17, 15) is 4.79 Å². The average molecular weight is 377 g/mol. The van der Waals surface area contributed by atoms with Gasteiger partial charge in [-0.05, 0) is 42.0 Å². The van der Waals surface area contributed by atoms with Crippen LogP contribution >= 0.6 is 15.9 Å². The van der Waals surface area contributed by atoms with Crippen molar-refractivity contribution in [2.24, 2.45) is 0 Å². The van der Waals surface area contributed by atoms with Gasteiger partial charge in [-0.3, -0.25) is 4.79 Å². The van der Waals surface area contributed by atoms with E-state index in [-0.39, 0.29) is 12.4 Å². The Balaban J connectivity index is 1.98. The number of carbonyl (C=O) groups is 1. The van der Waals surface area contributed by atoms with Crippen LogP contribution in [0.1, 0.15) is 12.5 Å². The van der Waals surface area contributed by atoms with Crippen molar-refractivity contribution in [3.8, 4) is 5.75 Å².